The molecule has 2 rings (SSSR count). The van der Waals surface area contributed by atoms with Gasteiger partial charge in [0, 0.05) is 29.3 Å². The summed E-state index contributed by atoms with van der Waals surface area (Å²) in [6.07, 6.45) is 0.926. The average molecular weight is 332 g/mol. The van der Waals surface area contributed by atoms with Gasteiger partial charge in [0.25, 0.3) is 15.0 Å². The average Bonchev–Trinajstić information content (AvgIpc) is 2.76. The molecule has 7 heteroatoms. The number of benzene rings is 1. The fraction of sp³-hybridized carbons (Fsp3) is 0.500. The van der Waals surface area contributed by atoms with Gasteiger partial charge in [-0.25, -0.2) is 8.42 Å². The van der Waals surface area contributed by atoms with E-state index in [2.05, 4.69) is 13.8 Å². The van der Waals surface area contributed by atoms with Crippen LogP contribution in [0.5, 0.6) is 5.75 Å². The molecule has 0 unspecified atom stereocenters. The van der Waals surface area contributed by atoms with E-state index in [0.717, 1.165) is 6.42 Å². The fourth-order valence-electron chi connectivity index (χ4n) is 2.47. The molecule has 0 spiro atoms. The fourth-order valence-corrected chi connectivity index (χ4v) is 3.49. The summed E-state index contributed by atoms with van der Waals surface area (Å²) in [5.74, 6) is -0.0619. The first kappa shape index (κ1) is 16.1. The second kappa shape index (κ2) is 5.50. The minimum absolute atomic E-state index is 0.0868. The molecular weight excluding hydrogens is 314 g/mol. The first-order valence-corrected chi connectivity index (χ1v) is 8.87. The van der Waals surface area contributed by atoms with E-state index >= 15 is 0 Å². The van der Waals surface area contributed by atoms with Crippen molar-refractivity contribution >= 4 is 25.6 Å². The molecule has 1 saturated heterocycles. The summed E-state index contributed by atoms with van der Waals surface area (Å²) in [6, 6.07) is 4.27. The van der Waals surface area contributed by atoms with Crippen molar-refractivity contribution in [3.05, 3.63) is 23.8 Å². The number of carbonyl (C=O) groups is 1. The molecule has 0 radical (unpaired) electrons. The number of halogens is 1. The van der Waals surface area contributed by atoms with E-state index in [1.54, 1.807) is 11.0 Å². The van der Waals surface area contributed by atoms with Gasteiger partial charge in [0.15, 0.2) is 0 Å². The number of amides is 1. The van der Waals surface area contributed by atoms with Crippen LogP contribution in [0.2, 0.25) is 0 Å². The Morgan fingerprint density at radius 1 is 1.38 bits per heavy atom. The Morgan fingerprint density at radius 2 is 2.05 bits per heavy atom. The van der Waals surface area contributed by atoms with Gasteiger partial charge in [-0.15, -0.1) is 0 Å². The van der Waals surface area contributed by atoms with Gasteiger partial charge in [-0.05, 0) is 30.0 Å². The van der Waals surface area contributed by atoms with E-state index in [1.807, 2.05) is 0 Å². The van der Waals surface area contributed by atoms with E-state index in [-0.39, 0.29) is 22.0 Å². The Hall–Kier alpha value is -1.27. The first-order valence-electron chi connectivity index (χ1n) is 6.56. The van der Waals surface area contributed by atoms with Crippen molar-refractivity contribution in [3.8, 4) is 5.75 Å². The van der Waals surface area contributed by atoms with E-state index < -0.39 is 9.05 Å². The molecule has 1 aliphatic heterocycles. The van der Waals surface area contributed by atoms with Gasteiger partial charge in [0.2, 0.25) is 0 Å². The van der Waals surface area contributed by atoms with Crippen molar-refractivity contribution in [2.45, 2.75) is 25.2 Å². The zero-order valence-corrected chi connectivity index (χ0v) is 13.8. The van der Waals surface area contributed by atoms with Gasteiger partial charge in [-0.3, -0.25) is 4.79 Å². The molecule has 1 aromatic rings. The third-order valence-electron chi connectivity index (χ3n) is 3.64. The van der Waals surface area contributed by atoms with Crippen molar-refractivity contribution in [1.82, 2.24) is 4.90 Å². The number of ether oxygens (including phenoxy) is 1. The number of hydrogen-bond donors (Lipinski definition) is 0. The van der Waals surface area contributed by atoms with Gasteiger partial charge < -0.3 is 9.64 Å². The molecule has 1 heterocycles. The van der Waals surface area contributed by atoms with Crippen LogP contribution in [0.3, 0.4) is 0 Å². The molecule has 21 heavy (non-hydrogen) atoms. The zero-order chi connectivity index (χ0) is 15.8. The van der Waals surface area contributed by atoms with Crippen molar-refractivity contribution in [3.63, 3.8) is 0 Å². The molecule has 0 bridgehead atoms. The maximum atomic E-state index is 12.5. The Labute approximate surface area is 129 Å². The molecule has 0 N–H and O–H groups in total. The van der Waals surface area contributed by atoms with Crippen LogP contribution in [-0.4, -0.2) is 39.4 Å². The molecular formula is C14H18ClNO4S. The third-order valence-corrected chi connectivity index (χ3v) is 4.98. The predicted octanol–water partition coefficient (Wildman–Crippen LogP) is 2.49. The van der Waals surface area contributed by atoms with Crippen LogP contribution in [0.1, 0.15) is 30.6 Å². The second-order valence-electron chi connectivity index (χ2n) is 5.94. The zero-order valence-electron chi connectivity index (χ0n) is 12.2. The largest absolute Gasteiger partial charge is 0.495 e. The molecule has 0 aliphatic carbocycles. The Kier molecular flexibility index (Phi) is 4.22. The molecule has 1 amide bonds. The lowest BCUT2D eigenvalue weighted by Crippen LogP contribution is -2.30. The van der Waals surface area contributed by atoms with Gasteiger partial charge in [-0.1, -0.05) is 13.8 Å². The molecule has 116 valence electrons. The lowest BCUT2D eigenvalue weighted by molar-refractivity contribution is 0.0778. The Bertz CT molecular complexity index is 670. The first-order chi connectivity index (χ1) is 9.64. The molecule has 0 aromatic heterocycles. The Balaban J connectivity index is 2.35. The summed E-state index contributed by atoms with van der Waals surface area (Å²) in [5, 5.41) is 0. The molecule has 0 saturated carbocycles. The second-order valence-corrected chi connectivity index (χ2v) is 8.48. The topological polar surface area (TPSA) is 63.7 Å². The monoisotopic (exact) mass is 331 g/mol. The molecule has 1 fully saturated rings. The number of nitrogens with zero attached hydrogens (tertiary/aromatic N) is 1. The number of methoxy groups -OCH3 is 1. The summed E-state index contributed by atoms with van der Waals surface area (Å²) in [7, 11) is 2.77. The number of carbonyl (C=O) groups excluding carboxylic acids is 1. The summed E-state index contributed by atoms with van der Waals surface area (Å²) in [5.41, 5.74) is 0.386. The minimum Gasteiger partial charge on any atom is -0.495 e. The Morgan fingerprint density at radius 3 is 2.52 bits per heavy atom. The van der Waals surface area contributed by atoms with Crippen LogP contribution in [0.4, 0.5) is 0 Å². The van der Waals surface area contributed by atoms with Crippen molar-refractivity contribution < 1.29 is 17.9 Å². The van der Waals surface area contributed by atoms with Crippen LogP contribution in [0, 0.1) is 5.41 Å². The number of hydrogen-bond acceptors (Lipinski definition) is 4. The lowest BCUT2D eigenvalue weighted by Gasteiger charge is -2.20. The third kappa shape index (κ3) is 3.49. The van der Waals surface area contributed by atoms with Crippen LogP contribution in [0.25, 0.3) is 0 Å². The van der Waals surface area contributed by atoms with Crippen molar-refractivity contribution in [2.75, 3.05) is 20.2 Å². The van der Waals surface area contributed by atoms with E-state index in [4.69, 9.17) is 15.4 Å². The summed E-state index contributed by atoms with van der Waals surface area (Å²) in [4.78, 5) is 14.0. The van der Waals surface area contributed by atoms with Crippen molar-refractivity contribution in [1.29, 1.82) is 0 Å². The number of rotatable bonds is 3. The molecule has 1 aliphatic rings. The molecule has 1 aromatic carbocycles. The summed E-state index contributed by atoms with van der Waals surface area (Å²) >= 11 is 0. The standard InChI is InChI=1S/C14H18ClNO4S/c1-14(2)6-7-16(9-14)13(17)10-4-5-11(20-3)12(8-10)21(15,18)19/h4-5,8H,6-7,9H2,1-3H3. The minimum atomic E-state index is -3.97. The van der Waals surface area contributed by atoms with Crippen LogP contribution >= 0.6 is 10.7 Å². The quantitative estimate of drug-likeness (QED) is 0.798. The van der Waals surface area contributed by atoms with Crippen LogP contribution in [-0.2, 0) is 9.05 Å². The smallest absolute Gasteiger partial charge is 0.265 e. The van der Waals surface area contributed by atoms with Gasteiger partial charge >= 0.3 is 0 Å². The highest BCUT2D eigenvalue weighted by Gasteiger charge is 2.33. The highest BCUT2D eigenvalue weighted by molar-refractivity contribution is 8.13. The van der Waals surface area contributed by atoms with E-state index in [9.17, 15) is 13.2 Å². The van der Waals surface area contributed by atoms with E-state index in [0.29, 0.717) is 18.7 Å². The summed E-state index contributed by atoms with van der Waals surface area (Å²) in [6.45, 7) is 5.52. The van der Waals surface area contributed by atoms with Crippen LogP contribution in [0.15, 0.2) is 23.1 Å². The predicted molar refractivity (Wildman–Crippen MR) is 80.3 cm³/mol. The maximum absolute atomic E-state index is 12.5. The normalized spacial score (nSPS) is 17.8. The molecule has 5 nitrogen and oxygen atoms in total. The summed E-state index contributed by atoms with van der Waals surface area (Å²) < 4.78 is 28.1. The SMILES string of the molecule is COc1ccc(C(=O)N2CCC(C)(C)C2)cc1S(=O)(=O)Cl. The number of likely N-dealkylation sites (tertiary alicyclic amines) is 1. The highest BCUT2D eigenvalue weighted by Crippen LogP contribution is 2.32. The van der Waals surface area contributed by atoms with Gasteiger partial charge in [-0.2, -0.15) is 0 Å². The highest BCUT2D eigenvalue weighted by atomic mass is 35.7. The molecule has 0 atom stereocenters. The van der Waals surface area contributed by atoms with Crippen molar-refractivity contribution in [2.24, 2.45) is 5.41 Å². The van der Waals surface area contributed by atoms with Crippen LogP contribution < -0.4 is 4.74 Å². The lowest BCUT2D eigenvalue weighted by atomic mass is 9.93. The van der Waals surface area contributed by atoms with Gasteiger partial charge in [0.05, 0.1) is 7.11 Å². The van der Waals surface area contributed by atoms with Gasteiger partial charge in [0.1, 0.15) is 10.6 Å². The maximum Gasteiger partial charge on any atom is 0.265 e. The van der Waals surface area contributed by atoms with E-state index in [1.165, 1.54) is 19.2 Å².